The van der Waals surface area contributed by atoms with Gasteiger partial charge in [0.15, 0.2) is 5.78 Å². The Morgan fingerprint density at radius 2 is 1.73 bits per heavy atom. The molecule has 2 fully saturated rings. The van der Waals surface area contributed by atoms with Gasteiger partial charge in [-0.2, -0.15) is 0 Å². The van der Waals surface area contributed by atoms with Crippen molar-refractivity contribution < 1.29 is 37.4 Å². The molecule has 2 aromatic rings. The number of rotatable bonds is 3. The van der Waals surface area contributed by atoms with Crippen molar-refractivity contribution in [1.82, 2.24) is 15.2 Å². The van der Waals surface area contributed by atoms with Gasteiger partial charge in [0.05, 0.1) is 30.8 Å². The van der Waals surface area contributed by atoms with E-state index in [1.165, 1.54) is 18.1 Å². The maximum absolute atomic E-state index is 16.2. The maximum Gasteiger partial charge on any atom is 0.408 e. The van der Waals surface area contributed by atoms with Gasteiger partial charge in [0.25, 0.3) is 5.92 Å². The minimum atomic E-state index is -3.26. The first-order valence-corrected chi connectivity index (χ1v) is 17.5. The molecule has 1 N–H and O–H groups in total. The van der Waals surface area contributed by atoms with E-state index in [1.807, 2.05) is 20.8 Å². The molecule has 9 nitrogen and oxygen atoms in total. The van der Waals surface area contributed by atoms with E-state index in [2.05, 4.69) is 10.3 Å². The molecule has 264 valence electrons. The van der Waals surface area contributed by atoms with E-state index in [1.54, 1.807) is 39.0 Å². The van der Waals surface area contributed by atoms with Crippen LogP contribution in [0.5, 0.6) is 11.6 Å². The number of alkyl carbamates (subject to hydrolysis) is 1. The number of amides is 2. The molecule has 1 saturated heterocycles. The van der Waals surface area contributed by atoms with Crippen LogP contribution in [0.2, 0.25) is 0 Å². The summed E-state index contributed by atoms with van der Waals surface area (Å²) in [5.74, 6) is -4.48. The average Bonchev–Trinajstić information content (AvgIpc) is 3.35. The van der Waals surface area contributed by atoms with Crippen molar-refractivity contribution in [2.75, 3.05) is 13.7 Å². The Bertz CT molecular complexity index is 1510. The number of methoxy groups -OCH3 is 1. The predicted octanol–water partition coefficient (Wildman–Crippen LogP) is 7.43. The van der Waals surface area contributed by atoms with Crippen LogP contribution in [-0.4, -0.2) is 65.6 Å². The number of carbonyl (C=O) groups is 3. The smallest absolute Gasteiger partial charge is 0.408 e. The quantitative estimate of drug-likeness (QED) is 0.362. The van der Waals surface area contributed by atoms with E-state index in [9.17, 15) is 14.4 Å². The van der Waals surface area contributed by atoms with Gasteiger partial charge in [-0.05, 0) is 61.6 Å². The van der Waals surface area contributed by atoms with Crippen molar-refractivity contribution in [3.63, 3.8) is 0 Å². The zero-order valence-electron chi connectivity index (χ0n) is 29.3. The van der Waals surface area contributed by atoms with E-state index in [-0.39, 0.29) is 42.2 Å². The summed E-state index contributed by atoms with van der Waals surface area (Å²) in [5, 5.41) is 3.38. The molecule has 2 amide bonds. The molecule has 3 aliphatic rings. The van der Waals surface area contributed by atoms with Gasteiger partial charge < -0.3 is 24.4 Å². The Labute approximate surface area is 282 Å². The summed E-state index contributed by atoms with van der Waals surface area (Å²) >= 11 is 0. The standard InChI is InChI=1S/C37H51F2N3O6/c1-21(2)31(43)30-22(3)29-20-42(30)34(44)32(36(4,5)6)41-35(45)48-28-14-9-8-12-23(28)13-10-11-17-37(38,39)26-18-24-15-16-25(46-7)19-27(24)40-33(26)47-29/h15-16,18-19,21-23,28-30,32H,8-14,17,20H2,1-7H3,(H,41,45). The highest BCUT2D eigenvalue weighted by Gasteiger charge is 2.51. The molecule has 48 heavy (non-hydrogen) atoms. The van der Waals surface area contributed by atoms with Gasteiger partial charge in [-0.3, -0.25) is 9.59 Å². The molecule has 2 bridgehead atoms. The average molecular weight is 672 g/mol. The van der Waals surface area contributed by atoms with Crippen LogP contribution in [0.25, 0.3) is 10.9 Å². The molecule has 1 saturated carbocycles. The number of nitrogens with zero attached hydrogens (tertiary/aromatic N) is 2. The minimum absolute atomic E-state index is 0.0417. The number of pyridine rings is 1. The van der Waals surface area contributed by atoms with Gasteiger partial charge in [-0.1, -0.05) is 54.4 Å². The van der Waals surface area contributed by atoms with Crippen molar-refractivity contribution in [2.24, 2.45) is 23.2 Å². The normalized spacial score (nSPS) is 28.8. The topological polar surface area (TPSA) is 107 Å². The van der Waals surface area contributed by atoms with Crippen molar-refractivity contribution in [2.45, 2.75) is 123 Å². The van der Waals surface area contributed by atoms with Crippen LogP contribution < -0.4 is 14.8 Å². The molecule has 6 atom stereocenters. The zero-order valence-corrected chi connectivity index (χ0v) is 29.3. The number of hydrogen-bond acceptors (Lipinski definition) is 7. The summed E-state index contributed by atoms with van der Waals surface area (Å²) in [6.45, 7) is 10.8. The van der Waals surface area contributed by atoms with Crippen LogP contribution >= 0.6 is 0 Å². The van der Waals surface area contributed by atoms with E-state index in [4.69, 9.17) is 14.2 Å². The van der Waals surface area contributed by atoms with Crippen LogP contribution in [0.1, 0.15) is 98.5 Å². The van der Waals surface area contributed by atoms with Crippen molar-refractivity contribution >= 4 is 28.7 Å². The van der Waals surface area contributed by atoms with Crippen LogP contribution in [0.4, 0.5) is 13.6 Å². The van der Waals surface area contributed by atoms with E-state index < -0.39 is 59.8 Å². The molecule has 5 rings (SSSR count). The molecule has 1 aromatic carbocycles. The van der Waals surface area contributed by atoms with Crippen LogP contribution in [-0.2, 0) is 20.2 Å². The van der Waals surface area contributed by atoms with Gasteiger partial charge >= 0.3 is 6.09 Å². The number of ketones is 1. The molecule has 0 spiro atoms. The molecular weight excluding hydrogens is 620 g/mol. The molecule has 3 heterocycles. The number of benzene rings is 1. The molecule has 11 heteroatoms. The largest absolute Gasteiger partial charge is 0.497 e. The second-order valence-electron chi connectivity index (χ2n) is 15.3. The third kappa shape index (κ3) is 7.54. The minimum Gasteiger partial charge on any atom is -0.497 e. The third-order valence-corrected chi connectivity index (χ3v) is 10.4. The molecule has 0 radical (unpaired) electrons. The SMILES string of the molecule is COc1ccc2cc3c(nc2c1)OC1CN(C(=O)C(C(C)(C)C)NC(=O)OC2CCCCC2CCCCC3(F)F)C(C(=O)C(C)C)C1C. The number of fused-ring (bicyclic) bond motifs is 5. The fourth-order valence-corrected chi connectivity index (χ4v) is 7.49. The second-order valence-corrected chi connectivity index (χ2v) is 15.3. The van der Waals surface area contributed by atoms with E-state index >= 15 is 8.78 Å². The first kappa shape index (κ1) is 35.8. The number of carbonyl (C=O) groups excluding carboxylic acids is 3. The summed E-state index contributed by atoms with van der Waals surface area (Å²) in [6.07, 6.45) is 2.63. The molecular formula is C37H51F2N3O6. The zero-order chi connectivity index (χ0) is 35.0. The van der Waals surface area contributed by atoms with Crippen LogP contribution in [0, 0.1) is 23.2 Å². The fourth-order valence-electron chi connectivity index (χ4n) is 7.49. The van der Waals surface area contributed by atoms with Gasteiger partial charge in [0.1, 0.15) is 24.0 Å². The lowest BCUT2D eigenvalue weighted by Crippen LogP contribution is -2.58. The van der Waals surface area contributed by atoms with Gasteiger partial charge in [-0.25, -0.2) is 18.6 Å². The Kier molecular flexibility index (Phi) is 10.6. The first-order valence-electron chi connectivity index (χ1n) is 17.5. The number of aromatic nitrogens is 1. The molecule has 1 aromatic heterocycles. The van der Waals surface area contributed by atoms with Gasteiger partial charge in [0, 0.05) is 29.7 Å². The summed E-state index contributed by atoms with van der Waals surface area (Å²) in [6, 6.07) is 4.60. The maximum atomic E-state index is 16.2. The number of ether oxygens (including phenoxy) is 3. The van der Waals surface area contributed by atoms with Crippen molar-refractivity contribution in [3.8, 4) is 11.6 Å². The highest BCUT2D eigenvalue weighted by Crippen LogP contribution is 2.43. The Hall–Kier alpha value is -3.50. The predicted molar refractivity (Wildman–Crippen MR) is 178 cm³/mol. The lowest BCUT2D eigenvalue weighted by Gasteiger charge is -2.37. The van der Waals surface area contributed by atoms with Crippen molar-refractivity contribution in [3.05, 3.63) is 29.8 Å². The number of alkyl halides is 2. The second kappa shape index (κ2) is 14.2. The summed E-state index contributed by atoms with van der Waals surface area (Å²) in [5.41, 5.74) is -0.619. The Morgan fingerprint density at radius 1 is 1.04 bits per heavy atom. The van der Waals surface area contributed by atoms with E-state index in [0.29, 0.717) is 35.9 Å². The summed E-state index contributed by atoms with van der Waals surface area (Å²) in [4.78, 5) is 47.6. The number of nitrogens with one attached hydrogen (secondary N) is 1. The monoisotopic (exact) mass is 671 g/mol. The van der Waals surface area contributed by atoms with Gasteiger partial charge in [0.2, 0.25) is 11.8 Å². The Balaban J connectivity index is 1.60. The molecule has 6 unspecified atom stereocenters. The highest BCUT2D eigenvalue weighted by molar-refractivity contribution is 5.94. The lowest BCUT2D eigenvalue weighted by molar-refractivity contribution is -0.143. The molecule has 1 aliphatic carbocycles. The summed E-state index contributed by atoms with van der Waals surface area (Å²) < 4.78 is 50.2. The number of Topliss-reactive ketones (excluding diaryl/α,β-unsaturated/α-hetero) is 1. The summed E-state index contributed by atoms with van der Waals surface area (Å²) in [7, 11) is 1.52. The highest BCUT2D eigenvalue weighted by atomic mass is 19.3. The van der Waals surface area contributed by atoms with Crippen LogP contribution in [0.3, 0.4) is 0 Å². The lowest BCUT2D eigenvalue weighted by atomic mass is 9.82. The first-order chi connectivity index (χ1) is 22.6. The van der Waals surface area contributed by atoms with Gasteiger partial charge in [-0.15, -0.1) is 0 Å². The Morgan fingerprint density at radius 3 is 2.40 bits per heavy atom. The third-order valence-electron chi connectivity index (χ3n) is 10.4. The van der Waals surface area contributed by atoms with E-state index in [0.717, 1.165) is 19.3 Å². The van der Waals surface area contributed by atoms with Crippen LogP contribution in [0.15, 0.2) is 24.3 Å². The fraction of sp³-hybridized carbons (Fsp3) is 0.676. The number of hydrogen-bond donors (Lipinski definition) is 1. The van der Waals surface area contributed by atoms with Crippen molar-refractivity contribution in [1.29, 1.82) is 0 Å². The number of halogens is 2. The molecule has 2 aliphatic heterocycles.